The van der Waals surface area contributed by atoms with Crippen LogP contribution < -0.4 is 0 Å². The lowest BCUT2D eigenvalue weighted by Gasteiger charge is -2.61. The highest BCUT2D eigenvalue weighted by molar-refractivity contribution is 5.49. The second-order valence-electron chi connectivity index (χ2n) is 13.6. The van der Waals surface area contributed by atoms with E-state index < -0.39 is 0 Å². The van der Waals surface area contributed by atoms with Gasteiger partial charge in [-0.15, -0.1) is 0 Å². The number of aliphatic hydroxyl groups is 1. The Balaban J connectivity index is 1.28. The summed E-state index contributed by atoms with van der Waals surface area (Å²) in [5.74, 6) is 4.74. The zero-order chi connectivity index (χ0) is 22.5. The third-order valence-electron chi connectivity index (χ3n) is 12.4. The molecule has 4 nitrogen and oxygen atoms in total. The fraction of sp³-hybridized carbons (Fsp3) is 0.964. The first kappa shape index (κ1) is 21.9. The molecule has 4 aliphatic carbocycles. The molecule has 6 aliphatic rings. The zero-order valence-corrected chi connectivity index (χ0v) is 20.8. The Kier molecular flexibility index (Phi) is 4.92. The smallest absolute Gasteiger partial charge is 0.211 e. The minimum Gasteiger partial charge on any atom is -0.393 e. The zero-order valence-electron chi connectivity index (χ0n) is 20.8. The maximum Gasteiger partial charge on any atom is 0.211 e. The molecular weight excluding hydrogens is 398 g/mol. The first-order chi connectivity index (χ1) is 15.2. The van der Waals surface area contributed by atoms with Crippen LogP contribution >= 0.6 is 0 Å². The Hall–Kier alpha value is -0.610. The number of hydrogen-bond donors (Lipinski definition) is 1. The van der Waals surface area contributed by atoms with Crippen molar-refractivity contribution in [1.82, 2.24) is 4.90 Å². The largest absolute Gasteiger partial charge is 0.393 e. The molecule has 2 heterocycles. The fourth-order valence-corrected chi connectivity index (χ4v) is 10.9. The number of likely N-dealkylation sites (tertiary alicyclic amines) is 1. The summed E-state index contributed by atoms with van der Waals surface area (Å²) in [6, 6.07) is 0. The molecule has 180 valence electrons. The van der Waals surface area contributed by atoms with Gasteiger partial charge in [0.15, 0.2) is 0 Å². The van der Waals surface area contributed by atoms with Gasteiger partial charge in [-0.2, -0.15) is 0 Å². The monoisotopic (exact) mass is 443 g/mol. The Morgan fingerprint density at radius 3 is 2.50 bits per heavy atom. The van der Waals surface area contributed by atoms with Crippen molar-refractivity contribution in [2.75, 3.05) is 6.54 Å². The van der Waals surface area contributed by atoms with Gasteiger partial charge in [-0.1, -0.05) is 27.7 Å². The lowest BCUT2D eigenvalue weighted by atomic mass is 9.44. The highest BCUT2D eigenvalue weighted by Crippen LogP contribution is 2.71. The van der Waals surface area contributed by atoms with Crippen LogP contribution in [-0.4, -0.2) is 40.9 Å². The van der Waals surface area contributed by atoms with Gasteiger partial charge in [0.2, 0.25) is 6.41 Å². The molecule has 1 N–H and O–H groups in total. The number of carbonyl (C=O) groups excluding carboxylic acids is 1. The molecule has 0 radical (unpaired) electrons. The van der Waals surface area contributed by atoms with Crippen LogP contribution in [0, 0.1) is 52.3 Å². The van der Waals surface area contributed by atoms with Gasteiger partial charge >= 0.3 is 0 Å². The molecule has 4 saturated carbocycles. The van der Waals surface area contributed by atoms with E-state index in [4.69, 9.17) is 4.74 Å². The topological polar surface area (TPSA) is 49.8 Å². The first-order valence-electron chi connectivity index (χ1n) is 13.8. The molecule has 0 aromatic heterocycles. The van der Waals surface area contributed by atoms with E-state index in [-0.39, 0.29) is 11.8 Å². The summed E-state index contributed by atoms with van der Waals surface area (Å²) >= 11 is 0. The van der Waals surface area contributed by atoms with Gasteiger partial charge < -0.3 is 14.7 Å². The molecular formula is C28H45NO3. The summed E-state index contributed by atoms with van der Waals surface area (Å²) < 4.78 is 7.02. The number of rotatable bonds is 1. The lowest BCUT2D eigenvalue weighted by molar-refractivity contribution is -0.194. The minimum absolute atomic E-state index is 0.0614. The third kappa shape index (κ3) is 2.72. The summed E-state index contributed by atoms with van der Waals surface area (Å²) in [5.41, 5.74) is 0.435. The number of piperidine rings is 1. The number of aliphatic hydroxyl groups excluding tert-OH is 1. The number of amides is 1. The predicted molar refractivity (Wildman–Crippen MR) is 125 cm³/mol. The standard InChI is InChI=1S/C28H45NO3/c1-17-7-12-28(29(15-17)16-30)18(2)25-24(32-28)14-23-21-6-5-19-13-20(31)8-10-26(19,3)22(21)9-11-27(23,25)4/h16-25,31H,5-15H2,1-4H3/t17-,18-,19?,20-,21?,22-,23?,24?,25?,26-,27-,28-/m0/s1. The molecule has 2 aliphatic heterocycles. The number of ether oxygens (including phenoxy) is 1. The quantitative estimate of drug-likeness (QED) is 0.564. The molecule has 1 spiro atoms. The van der Waals surface area contributed by atoms with Gasteiger partial charge in [0, 0.05) is 12.5 Å². The predicted octanol–water partition coefficient (Wildman–Crippen LogP) is 5.24. The Bertz CT molecular complexity index is 772. The number of hydrogen-bond acceptors (Lipinski definition) is 3. The van der Waals surface area contributed by atoms with Crippen molar-refractivity contribution in [3.63, 3.8) is 0 Å². The van der Waals surface area contributed by atoms with Crippen LogP contribution in [0.3, 0.4) is 0 Å². The van der Waals surface area contributed by atoms with Crippen molar-refractivity contribution in [2.24, 2.45) is 52.3 Å². The maximum absolute atomic E-state index is 12.1. The minimum atomic E-state index is -0.350. The van der Waals surface area contributed by atoms with E-state index in [1.54, 1.807) is 0 Å². The van der Waals surface area contributed by atoms with Crippen LogP contribution in [0.2, 0.25) is 0 Å². The Labute approximate surface area is 194 Å². The molecule has 6 rings (SSSR count). The first-order valence-corrected chi connectivity index (χ1v) is 13.8. The summed E-state index contributed by atoms with van der Waals surface area (Å²) in [5, 5.41) is 10.3. The molecule has 0 aromatic carbocycles. The van der Waals surface area contributed by atoms with Crippen LogP contribution in [0.5, 0.6) is 0 Å². The molecule has 2 saturated heterocycles. The van der Waals surface area contributed by atoms with Crippen molar-refractivity contribution in [3.05, 3.63) is 0 Å². The Morgan fingerprint density at radius 2 is 1.72 bits per heavy atom. The van der Waals surface area contributed by atoms with Gasteiger partial charge in [0.05, 0.1) is 12.2 Å². The second kappa shape index (κ2) is 7.20. The molecule has 5 unspecified atom stereocenters. The highest BCUT2D eigenvalue weighted by atomic mass is 16.5. The fourth-order valence-electron chi connectivity index (χ4n) is 10.9. The summed E-state index contributed by atoms with van der Waals surface area (Å²) in [7, 11) is 0. The van der Waals surface area contributed by atoms with Crippen molar-refractivity contribution >= 4 is 6.41 Å². The van der Waals surface area contributed by atoms with E-state index in [0.717, 1.165) is 55.9 Å². The third-order valence-corrected chi connectivity index (χ3v) is 12.4. The van der Waals surface area contributed by atoms with Crippen LogP contribution in [0.25, 0.3) is 0 Å². The lowest BCUT2D eigenvalue weighted by Crippen LogP contribution is -2.58. The van der Waals surface area contributed by atoms with E-state index in [1.165, 1.54) is 44.9 Å². The maximum atomic E-state index is 12.1. The van der Waals surface area contributed by atoms with Gasteiger partial charge in [-0.05, 0) is 111 Å². The average Bonchev–Trinajstić information content (AvgIpc) is 3.21. The number of carbonyl (C=O) groups is 1. The second-order valence-corrected chi connectivity index (χ2v) is 13.6. The van der Waals surface area contributed by atoms with E-state index in [0.29, 0.717) is 34.7 Å². The van der Waals surface area contributed by atoms with Crippen molar-refractivity contribution < 1.29 is 14.6 Å². The van der Waals surface area contributed by atoms with Crippen LogP contribution in [0.15, 0.2) is 0 Å². The van der Waals surface area contributed by atoms with Crippen molar-refractivity contribution in [2.45, 2.75) is 110 Å². The van der Waals surface area contributed by atoms with Crippen LogP contribution in [0.4, 0.5) is 0 Å². The summed E-state index contributed by atoms with van der Waals surface area (Å²) in [4.78, 5) is 14.2. The number of fused-ring (bicyclic) bond motifs is 7. The van der Waals surface area contributed by atoms with Crippen molar-refractivity contribution in [3.8, 4) is 0 Å². The van der Waals surface area contributed by atoms with Crippen molar-refractivity contribution in [1.29, 1.82) is 0 Å². The average molecular weight is 444 g/mol. The van der Waals surface area contributed by atoms with Crippen LogP contribution in [-0.2, 0) is 9.53 Å². The number of nitrogens with zero attached hydrogens (tertiary/aromatic N) is 1. The van der Waals surface area contributed by atoms with E-state index in [9.17, 15) is 9.90 Å². The molecule has 32 heavy (non-hydrogen) atoms. The molecule has 12 atom stereocenters. The van der Waals surface area contributed by atoms with Crippen LogP contribution in [0.1, 0.15) is 91.9 Å². The molecule has 1 amide bonds. The Morgan fingerprint density at radius 1 is 0.938 bits per heavy atom. The SMILES string of the molecule is C[C@H]1CC[C@@]2(OC3CC4C5CCC6C[C@@H](O)CC[C@]6(C)[C@H]5CC[C@]4(C)C3[C@@H]2C)N(C=O)C1. The molecule has 6 fully saturated rings. The summed E-state index contributed by atoms with van der Waals surface area (Å²) in [6.07, 6.45) is 13.4. The van der Waals surface area contributed by atoms with E-state index in [1.807, 2.05) is 4.90 Å². The van der Waals surface area contributed by atoms with Gasteiger partial charge in [-0.3, -0.25) is 4.79 Å². The normalized spacial score (nSPS) is 59.3. The molecule has 0 bridgehead atoms. The molecule has 0 aromatic rings. The van der Waals surface area contributed by atoms with Gasteiger partial charge in [0.1, 0.15) is 5.72 Å². The highest BCUT2D eigenvalue weighted by Gasteiger charge is 2.69. The van der Waals surface area contributed by atoms with E-state index >= 15 is 0 Å². The summed E-state index contributed by atoms with van der Waals surface area (Å²) in [6.45, 7) is 10.7. The van der Waals surface area contributed by atoms with Gasteiger partial charge in [-0.25, -0.2) is 0 Å². The van der Waals surface area contributed by atoms with Gasteiger partial charge in [0.25, 0.3) is 0 Å². The van der Waals surface area contributed by atoms with E-state index in [2.05, 4.69) is 27.7 Å². The molecule has 4 heteroatoms.